The lowest BCUT2D eigenvalue weighted by Crippen LogP contribution is -2.51. The number of likely N-dealkylation sites (N-methyl/N-ethyl adjacent to an activating group) is 1. The number of likely N-dealkylation sites (tertiary alicyclic amines) is 1. The van der Waals surface area contributed by atoms with Crippen molar-refractivity contribution >= 4 is 27.5 Å². The molecule has 1 aliphatic rings. The first-order chi connectivity index (χ1) is 11.2. The third-order valence-electron chi connectivity index (χ3n) is 4.39. The highest BCUT2D eigenvalue weighted by molar-refractivity contribution is 7.89. The van der Waals surface area contributed by atoms with Crippen molar-refractivity contribution in [1.82, 2.24) is 14.5 Å². The molecule has 1 aromatic carbocycles. The molecule has 6 nitrogen and oxygen atoms in total. The largest absolute Gasteiger partial charge is 0.341 e. The molecule has 1 aliphatic heterocycles. The minimum Gasteiger partial charge on any atom is -0.341 e. The zero-order chi connectivity index (χ0) is 17.9. The Bertz CT molecular complexity index is 688. The molecule has 8 heteroatoms. The van der Waals surface area contributed by atoms with Gasteiger partial charge in [-0.1, -0.05) is 17.7 Å². The van der Waals surface area contributed by atoms with Gasteiger partial charge in [0, 0.05) is 18.1 Å². The van der Waals surface area contributed by atoms with E-state index in [1.54, 1.807) is 31.0 Å². The van der Waals surface area contributed by atoms with Crippen molar-refractivity contribution in [3.63, 3.8) is 0 Å². The third kappa shape index (κ3) is 4.69. The van der Waals surface area contributed by atoms with Crippen LogP contribution in [0.25, 0.3) is 0 Å². The lowest BCUT2D eigenvalue weighted by atomic mass is 10.0. The molecule has 0 saturated carbocycles. The quantitative estimate of drug-likeness (QED) is 0.850. The van der Waals surface area contributed by atoms with Gasteiger partial charge in [0.05, 0.1) is 10.9 Å². The molecule has 0 unspecified atom stereocenters. The zero-order valence-electron chi connectivity index (χ0n) is 14.2. The van der Waals surface area contributed by atoms with Crippen LogP contribution in [0.1, 0.15) is 19.8 Å². The van der Waals surface area contributed by atoms with Gasteiger partial charge in [0.2, 0.25) is 15.9 Å². The van der Waals surface area contributed by atoms with Crippen molar-refractivity contribution in [1.29, 1.82) is 0 Å². The van der Waals surface area contributed by atoms with Crippen molar-refractivity contribution in [2.24, 2.45) is 0 Å². The minimum atomic E-state index is -3.79. The van der Waals surface area contributed by atoms with Crippen LogP contribution in [0.15, 0.2) is 29.2 Å². The van der Waals surface area contributed by atoms with E-state index < -0.39 is 16.1 Å². The van der Waals surface area contributed by atoms with Gasteiger partial charge in [0.25, 0.3) is 0 Å². The van der Waals surface area contributed by atoms with E-state index in [9.17, 15) is 13.2 Å². The fourth-order valence-corrected chi connectivity index (χ4v) is 4.35. The molecule has 1 saturated heterocycles. The molecule has 1 N–H and O–H groups in total. The summed E-state index contributed by atoms with van der Waals surface area (Å²) in [5.74, 6) is -0.227. The zero-order valence-corrected chi connectivity index (χ0v) is 15.8. The molecule has 24 heavy (non-hydrogen) atoms. The summed E-state index contributed by atoms with van der Waals surface area (Å²) < 4.78 is 27.2. The first kappa shape index (κ1) is 19.2. The van der Waals surface area contributed by atoms with Gasteiger partial charge in [0.1, 0.15) is 0 Å². The second kappa shape index (κ2) is 7.82. The third-order valence-corrected chi connectivity index (χ3v) is 6.17. The predicted molar refractivity (Wildman–Crippen MR) is 94.5 cm³/mol. The Kier molecular flexibility index (Phi) is 6.25. The number of hydrogen-bond donors (Lipinski definition) is 1. The van der Waals surface area contributed by atoms with E-state index in [1.807, 2.05) is 0 Å². The van der Waals surface area contributed by atoms with E-state index in [2.05, 4.69) is 16.7 Å². The summed E-state index contributed by atoms with van der Waals surface area (Å²) in [6.07, 6.45) is 1.79. The summed E-state index contributed by atoms with van der Waals surface area (Å²) in [6, 6.07) is 5.29. The minimum absolute atomic E-state index is 0.0524. The number of nitrogens with zero attached hydrogens (tertiary/aromatic N) is 2. The Labute approximate surface area is 148 Å². The molecule has 0 bridgehead atoms. The summed E-state index contributed by atoms with van der Waals surface area (Å²) in [6.45, 7) is 3.44. The van der Waals surface area contributed by atoms with Crippen LogP contribution in [0.3, 0.4) is 0 Å². The standard InChI is InChI=1S/C16H24ClN3O3S/c1-12(16(21)20(3)14-7-9-19(2)10-8-14)18-24(22,23)15-6-4-5-13(17)11-15/h4-6,11-12,14,18H,7-10H2,1-3H3/t12-/m1/s1. The maximum atomic E-state index is 12.6. The number of nitrogens with one attached hydrogen (secondary N) is 1. The average molecular weight is 374 g/mol. The molecule has 134 valence electrons. The summed E-state index contributed by atoms with van der Waals surface area (Å²) in [4.78, 5) is 16.5. The lowest BCUT2D eigenvalue weighted by molar-refractivity contribution is -0.134. The molecule has 1 heterocycles. The number of halogens is 1. The Hall–Kier alpha value is -1.15. The first-order valence-corrected chi connectivity index (χ1v) is 9.80. The Morgan fingerprint density at radius 3 is 2.58 bits per heavy atom. The number of carbonyl (C=O) groups excluding carboxylic acids is 1. The molecule has 0 aromatic heterocycles. The number of hydrogen-bond acceptors (Lipinski definition) is 4. The average Bonchev–Trinajstić information content (AvgIpc) is 2.53. The molecule has 0 aliphatic carbocycles. The topological polar surface area (TPSA) is 69.7 Å². The molecule has 1 atom stereocenters. The molecular weight excluding hydrogens is 350 g/mol. The van der Waals surface area contributed by atoms with E-state index in [4.69, 9.17) is 11.6 Å². The maximum Gasteiger partial charge on any atom is 0.241 e. The van der Waals surface area contributed by atoms with Crippen molar-refractivity contribution in [2.75, 3.05) is 27.2 Å². The first-order valence-electron chi connectivity index (χ1n) is 7.94. The van der Waals surface area contributed by atoms with Crippen molar-refractivity contribution in [2.45, 2.75) is 36.7 Å². The van der Waals surface area contributed by atoms with E-state index in [-0.39, 0.29) is 16.8 Å². The Balaban J connectivity index is 2.02. The fraction of sp³-hybridized carbons (Fsp3) is 0.562. The number of amides is 1. The molecule has 1 aromatic rings. The van der Waals surface area contributed by atoms with Crippen LogP contribution in [0.5, 0.6) is 0 Å². The van der Waals surface area contributed by atoms with Gasteiger partial charge < -0.3 is 9.80 Å². The molecular formula is C16H24ClN3O3S. The molecule has 1 fully saturated rings. The van der Waals surface area contributed by atoms with Gasteiger partial charge >= 0.3 is 0 Å². The molecule has 0 spiro atoms. The van der Waals surface area contributed by atoms with Crippen molar-refractivity contribution in [3.8, 4) is 0 Å². The van der Waals surface area contributed by atoms with Crippen molar-refractivity contribution in [3.05, 3.63) is 29.3 Å². The van der Waals surface area contributed by atoms with Crippen LogP contribution in [0.2, 0.25) is 5.02 Å². The second-order valence-corrected chi connectivity index (χ2v) is 8.43. The highest BCUT2D eigenvalue weighted by Gasteiger charge is 2.29. The van der Waals surface area contributed by atoms with Gasteiger partial charge in [-0.05, 0) is 58.1 Å². The number of rotatable bonds is 5. The normalized spacial score (nSPS) is 18.3. The maximum absolute atomic E-state index is 12.6. The van der Waals surface area contributed by atoms with Crippen LogP contribution in [0, 0.1) is 0 Å². The van der Waals surface area contributed by atoms with Gasteiger partial charge in [-0.3, -0.25) is 4.79 Å². The molecule has 1 amide bonds. The molecule has 0 radical (unpaired) electrons. The SMILES string of the molecule is C[C@@H](NS(=O)(=O)c1cccc(Cl)c1)C(=O)N(C)C1CCN(C)CC1. The van der Waals surface area contributed by atoms with E-state index in [0.29, 0.717) is 5.02 Å². The van der Waals surface area contributed by atoms with Crippen LogP contribution >= 0.6 is 11.6 Å². The van der Waals surface area contributed by atoms with E-state index in [1.165, 1.54) is 12.1 Å². The van der Waals surface area contributed by atoms with Gasteiger partial charge in [0.15, 0.2) is 0 Å². The number of piperidine rings is 1. The lowest BCUT2D eigenvalue weighted by Gasteiger charge is -2.36. The fourth-order valence-electron chi connectivity index (χ4n) is 2.85. The second-order valence-electron chi connectivity index (χ2n) is 6.28. The van der Waals surface area contributed by atoms with Crippen LogP contribution < -0.4 is 4.72 Å². The Morgan fingerprint density at radius 1 is 1.38 bits per heavy atom. The highest BCUT2D eigenvalue weighted by atomic mass is 35.5. The van der Waals surface area contributed by atoms with E-state index in [0.717, 1.165) is 25.9 Å². The number of carbonyl (C=O) groups is 1. The predicted octanol–water partition coefficient (Wildman–Crippen LogP) is 1.56. The van der Waals surface area contributed by atoms with Gasteiger partial charge in [-0.2, -0.15) is 4.72 Å². The van der Waals surface area contributed by atoms with E-state index >= 15 is 0 Å². The van der Waals surface area contributed by atoms with Crippen LogP contribution in [0.4, 0.5) is 0 Å². The van der Waals surface area contributed by atoms with Crippen molar-refractivity contribution < 1.29 is 13.2 Å². The number of sulfonamides is 1. The van der Waals surface area contributed by atoms with Gasteiger partial charge in [-0.25, -0.2) is 8.42 Å². The highest BCUT2D eigenvalue weighted by Crippen LogP contribution is 2.17. The summed E-state index contributed by atoms with van der Waals surface area (Å²) >= 11 is 5.84. The Morgan fingerprint density at radius 2 is 2.00 bits per heavy atom. The van der Waals surface area contributed by atoms with Gasteiger partial charge in [-0.15, -0.1) is 0 Å². The summed E-state index contributed by atoms with van der Waals surface area (Å²) in [5, 5.41) is 0.334. The monoisotopic (exact) mass is 373 g/mol. The summed E-state index contributed by atoms with van der Waals surface area (Å²) in [5.41, 5.74) is 0. The van der Waals surface area contributed by atoms with Crippen LogP contribution in [-0.4, -0.2) is 63.4 Å². The smallest absolute Gasteiger partial charge is 0.241 e. The van der Waals surface area contributed by atoms with Crippen LogP contribution in [-0.2, 0) is 14.8 Å². The molecule has 2 rings (SSSR count). The number of benzene rings is 1. The summed E-state index contributed by atoms with van der Waals surface area (Å²) in [7, 11) is 0.00371.